The van der Waals surface area contributed by atoms with Gasteiger partial charge in [-0.2, -0.15) is 4.98 Å². The maximum atomic E-state index is 6.04. The van der Waals surface area contributed by atoms with Crippen LogP contribution in [0, 0.1) is 0 Å². The van der Waals surface area contributed by atoms with E-state index in [-0.39, 0.29) is 6.10 Å². The number of hydrogen-bond donors (Lipinski definition) is 0. The summed E-state index contributed by atoms with van der Waals surface area (Å²) < 4.78 is 17.3. The van der Waals surface area contributed by atoms with Crippen molar-refractivity contribution in [3.05, 3.63) is 59.4 Å². The van der Waals surface area contributed by atoms with Crippen LogP contribution in [0.3, 0.4) is 0 Å². The summed E-state index contributed by atoms with van der Waals surface area (Å²) in [5.74, 6) is 2.71. The number of ether oxygens (including phenoxy) is 2. The number of benzene rings is 2. The highest BCUT2D eigenvalue weighted by Crippen LogP contribution is 2.31. The van der Waals surface area contributed by atoms with E-state index in [0.717, 1.165) is 23.6 Å². The topological polar surface area (TPSA) is 60.6 Å². The van der Waals surface area contributed by atoms with Gasteiger partial charge in [0.2, 0.25) is 11.7 Å². The summed E-state index contributed by atoms with van der Waals surface area (Å²) in [6.45, 7) is 4.71. The molecule has 6 nitrogen and oxygen atoms in total. The van der Waals surface area contributed by atoms with E-state index in [9.17, 15) is 0 Å². The predicted octanol–water partition coefficient (Wildman–Crippen LogP) is 4.05. The van der Waals surface area contributed by atoms with Crippen LogP contribution in [0.25, 0.3) is 11.4 Å². The van der Waals surface area contributed by atoms with Crippen LogP contribution in [0.1, 0.15) is 12.8 Å². The molecule has 0 amide bonds. The molecule has 0 radical (unpaired) electrons. The molecule has 0 N–H and O–H groups in total. The Balaban J connectivity index is 1.39. The fourth-order valence-electron chi connectivity index (χ4n) is 2.97. The van der Waals surface area contributed by atoms with Crippen molar-refractivity contribution >= 4 is 11.6 Å². The molecular formula is C20H20ClN3O3. The van der Waals surface area contributed by atoms with Gasteiger partial charge in [0.15, 0.2) is 11.5 Å². The Morgan fingerprint density at radius 3 is 2.67 bits per heavy atom. The van der Waals surface area contributed by atoms with Crippen LogP contribution < -0.4 is 9.47 Å². The second kappa shape index (κ2) is 7.98. The number of rotatable bonds is 6. The molecule has 0 fully saturated rings. The van der Waals surface area contributed by atoms with E-state index < -0.39 is 0 Å². The molecule has 0 saturated carbocycles. The van der Waals surface area contributed by atoms with Gasteiger partial charge in [0.1, 0.15) is 12.7 Å². The molecule has 0 spiro atoms. The highest BCUT2D eigenvalue weighted by atomic mass is 35.5. The summed E-state index contributed by atoms with van der Waals surface area (Å²) in [5, 5.41) is 4.74. The Labute approximate surface area is 162 Å². The number of fused-ring (bicyclic) bond motifs is 1. The molecule has 2 heterocycles. The molecule has 2 aromatic carbocycles. The first-order chi connectivity index (χ1) is 13.2. The van der Waals surface area contributed by atoms with Crippen molar-refractivity contribution in [2.24, 2.45) is 0 Å². The number of nitrogens with zero attached hydrogens (tertiary/aromatic N) is 3. The molecule has 1 aliphatic rings. The van der Waals surface area contributed by atoms with E-state index in [2.05, 4.69) is 22.0 Å². The molecule has 27 heavy (non-hydrogen) atoms. The molecule has 0 aliphatic carbocycles. The number of hydrogen-bond acceptors (Lipinski definition) is 6. The fraction of sp³-hybridized carbons (Fsp3) is 0.300. The van der Waals surface area contributed by atoms with Gasteiger partial charge in [0, 0.05) is 17.1 Å². The second-order valence-corrected chi connectivity index (χ2v) is 6.78. The molecule has 1 aliphatic heterocycles. The fourth-order valence-corrected chi connectivity index (χ4v) is 3.10. The Hall–Kier alpha value is -2.57. The van der Waals surface area contributed by atoms with Crippen LogP contribution in [0.4, 0.5) is 0 Å². The van der Waals surface area contributed by atoms with E-state index in [1.807, 2.05) is 48.5 Å². The third-order valence-electron chi connectivity index (χ3n) is 4.41. The van der Waals surface area contributed by atoms with Crippen LogP contribution in [-0.2, 0) is 6.54 Å². The monoisotopic (exact) mass is 385 g/mol. The Morgan fingerprint density at radius 1 is 1.11 bits per heavy atom. The summed E-state index contributed by atoms with van der Waals surface area (Å²) in [5.41, 5.74) is 0.873. The van der Waals surface area contributed by atoms with Crippen LogP contribution in [-0.4, -0.2) is 40.8 Å². The quantitative estimate of drug-likeness (QED) is 0.638. The van der Waals surface area contributed by atoms with Gasteiger partial charge >= 0.3 is 0 Å². The molecule has 0 bridgehead atoms. The molecule has 7 heteroatoms. The van der Waals surface area contributed by atoms with Crippen LogP contribution in [0.2, 0.25) is 5.02 Å². The molecule has 1 aromatic heterocycles. The van der Waals surface area contributed by atoms with Crippen LogP contribution in [0.5, 0.6) is 11.5 Å². The molecule has 0 saturated heterocycles. The van der Waals surface area contributed by atoms with Crippen LogP contribution >= 0.6 is 11.6 Å². The Morgan fingerprint density at radius 2 is 1.89 bits per heavy atom. The lowest BCUT2D eigenvalue weighted by atomic mass is 10.2. The lowest BCUT2D eigenvalue weighted by Crippen LogP contribution is -2.40. The van der Waals surface area contributed by atoms with E-state index in [1.54, 1.807) is 0 Å². The first kappa shape index (κ1) is 17.8. The highest BCUT2D eigenvalue weighted by Gasteiger charge is 2.23. The zero-order valence-corrected chi connectivity index (χ0v) is 15.7. The molecule has 1 atom stereocenters. The largest absolute Gasteiger partial charge is 0.486 e. The molecule has 4 rings (SSSR count). The summed E-state index contributed by atoms with van der Waals surface area (Å²) >= 11 is 5.92. The van der Waals surface area contributed by atoms with Gasteiger partial charge in [0.05, 0.1) is 6.54 Å². The molecular weight excluding hydrogens is 366 g/mol. The SMILES string of the molecule is CCN(Cc1nc(-c2ccc(Cl)cc2)no1)C[C@@H]1COc2ccccc2O1. The Kier molecular flexibility index (Phi) is 5.27. The van der Waals surface area contributed by atoms with Gasteiger partial charge in [0.25, 0.3) is 0 Å². The van der Waals surface area contributed by atoms with Crippen molar-refractivity contribution < 1.29 is 14.0 Å². The smallest absolute Gasteiger partial charge is 0.241 e. The number of para-hydroxylation sites is 2. The molecule has 0 unspecified atom stereocenters. The lowest BCUT2D eigenvalue weighted by molar-refractivity contribution is 0.0551. The summed E-state index contributed by atoms with van der Waals surface area (Å²) in [6, 6.07) is 15.1. The highest BCUT2D eigenvalue weighted by molar-refractivity contribution is 6.30. The third kappa shape index (κ3) is 4.23. The maximum absolute atomic E-state index is 6.04. The minimum atomic E-state index is -0.0430. The van der Waals surface area contributed by atoms with Crippen molar-refractivity contribution in [3.63, 3.8) is 0 Å². The summed E-state index contributed by atoms with van der Waals surface area (Å²) in [4.78, 5) is 6.69. The average molecular weight is 386 g/mol. The summed E-state index contributed by atoms with van der Waals surface area (Å²) in [7, 11) is 0. The molecule has 140 valence electrons. The van der Waals surface area contributed by atoms with Gasteiger partial charge < -0.3 is 14.0 Å². The summed E-state index contributed by atoms with van der Waals surface area (Å²) in [6.07, 6.45) is -0.0430. The zero-order chi connectivity index (χ0) is 18.6. The average Bonchev–Trinajstić information content (AvgIpc) is 3.16. The van der Waals surface area contributed by atoms with Gasteiger partial charge in [-0.3, -0.25) is 4.90 Å². The number of halogens is 1. The zero-order valence-electron chi connectivity index (χ0n) is 15.0. The first-order valence-corrected chi connectivity index (χ1v) is 9.28. The predicted molar refractivity (Wildman–Crippen MR) is 102 cm³/mol. The number of likely N-dealkylation sites (N-methyl/N-ethyl adjacent to an activating group) is 1. The number of aromatic nitrogens is 2. The third-order valence-corrected chi connectivity index (χ3v) is 4.66. The molecule has 3 aromatic rings. The van der Waals surface area contributed by atoms with Crippen LogP contribution in [0.15, 0.2) is 53.1 Å². The van der Waals surface area contributed by atoms with E-state index in [1.165, 1.54) is 0 Å². The van der Waals surface area contributed by atoms with Crippen molar-refractivity contribution in [1.82, 2.24) is 15.0 Å². The first-order valence-electron chi connectivity index (χ1n) is 8.90. The van der Waals surface area contributed by atoms with Gasteiger partial charge in [-0.05, 0) is 42.9 Å². The van der Waals surface area contributed by atoms with Crippen molar-refractivity contribution in [1.29, 1.82) is 0 Å². The van der Waals surface area contributed by atoms with Crippen molar-refractivity contribution in [2.75, 3.05) is 19.7 Å². The lowest BCUT2D eigenvalue weighted by Gasteiger charge is -2.30. The van der Waals surface area contributed by atoms with Gasteiger partial charge in [-0.15, -0.1) is 0 Å². The maximum Gasteiger partial charge on any atom is 0.241 e. The van der Waals surface area contributed by atoms with Crippen molar-refractivity contribution in [3.8, 4) is 22.9 Å². The standard InChI is InChI=1S/C20H20ClN3O3/c1-2-24(11-16-13-25-17-5-3-4-6-18(17)26-16)12-19-22-20(23-27-19)14-7-9-15(21)10-8-14/h3-10,16H,2,11-13H2,1H3/t16-/m1/s1. The minimum Gasteiger partial charge on any atom is -0.486 e. The van der Waals surface area contributed by atoms with Gasteiger partial charge in [-0.25, -0.2) is 0 Å². The van der Waals surface area contributed by atoms with E-state index >= 15 is 0 Å². The Bertz CT molecular complexity index is 897. The van der Waals surface area contributed by atoms with E-state index in [0.29, 0.717) is 36.4 Å². The second-order valence-electron chi connectivity index (χ2n) is 6.34. The van der Waals surface area contributed by atoms with E-state index in [4.69, 9.17) is 25.6 Å². The minimum absolute atomic E-state index is 0.0430. The van der Waals surface area contributed by atoms with Crippen molar-refractivity contribution in [2.45, 2.75) is 19.6 Å². The van der Waals surface area contributed by atoms with Gasteiger partial charge in [-0.1, -0.05) is 35.8 Å². The normalized spacial score (nSPS) is 15.9.